The van der Waals surface area contributed by atoms with Crippen molar-refractivity contribution in [2.24, 2.45) is 0 Å². The molecule has 6 nitrogen and oxygen atoms in total. The van der Waals surface area contributed by atoms with Crippen molar-refractivity contribution in [3.8, 4) is 35.4 Å². The molecule has 3 rings (SSSR count). The SMILES string of the molecule is Cc1c(C(/C=C/N(C)C)=C(C#N)C#N)sc2sc(C(/C=C/N(C)C)=C(C#N)C#N)c(-c3ccccc3)c12. The van der Waals surface area contributed by atoms with E-state index in [0.29, 0.717) is 11.1 Å². The first kappa shape index (κ1) is 27.0. The molecule has 0 N–H and O–H groups in total. The Morgan fingerprint density at radius 2 is 1.19 bits per heavy atom. The van der Waals surface area contributed by atoms with Gasteiger partial charge in [0.1, 0.15) is 35.4 Å². The summed E-state index contributed by atoms with van der Waals surface area (Å²) in [5.41, 5.74) is 4.03. The van der Waals surface area contributed by atoms with Gasteiger partial charge in [-0.1, -0.05) is 30.3 Å². The Kier molecular flexibility index (Phi) is 8.68. The fraction of sp³-hybridized carbons (Fsp3) is 0.172. The Morgan fingerprint density at radius 3 is 1.65 bits per heavy atom. The van der Waals surface area contributed by atoms with Crippen molar-refractivity contribution in [2.75, 3.05) is 28.2 Å². The average molecular weight is 521 g/mol. The Balaban J connectivity index is 2.47. The Labute approximate surface area is 225 Å². The first-order valence-corrected chi connectivity index (χ1v) is 12.8. The van der Waals surface area contributed by atoms with Crippen LogP contribution in [-0.4, -0.2) is 38.0 Å². The maximum absolute atomic E-state index is 9.75. The molecule has 0 atom stereocenters. The number of hydrogen-bond acceptors (Lipinski definition) is 8. The van der Waals surface area contributed by atoms with E-state index in [-0.39, 0.29) is 11.1 Å². The molecule has 0 fully saturated rings. The van der Waals surface area contributed by atoms with Crippen LogP contribution in [0.5, 0.6) is 0 Å². The van der Waals surface area contributed by atoms with Gasteiger partial charge >= 0.3 is 0 Å². The smallest absolute Gasteiger partial charge is 0.138 e. The Bertz CT molecular complexity index is 1580. The third kappa shape index (κ3) is 5.64. The maximum Gasteiger partial charge on any atom is 0.138 e. The molecule has 0 aliphatic rings. The molecule has 0 unspecified atom stereocenters. The number of rotatable bonds is 7. The summed E-state index contributed by atoms with van der Waals surface area (Å²) in [6.45, 7) is 1.99. The minimum Gasteiger partial charge on any atom is -0.383 e. The number of aryl methyl sites for hydroxylation is 1. The minimum atomic E-state index is 0.0350. The van der Waals surface area contributed by atoms with Crippen molar-refractivity contribution in [2.45, 2.75) is 6.92 Å². The number of nitrogens with zero attached hydrogens (tertiary/aromatic N) is 6. The normalized spacial score (nSPS) is 10.5. The summed E-state index contributed by atoms with van der Waals surface area (Å²) in [5.74, 6) is 0. The monoisotopic (exact) mass is 520 g/mol. The van der Waals surface area contributed by atoms with Crippen LogP contribution < -0.4 is 0 Å². The van der Waals surface area contributed by atoms with Gasteiger partial charge in [0.2, 0.25) is 0 Å². The molecule has 2 heterocycles. The lowest BCUT2D eigenvalue weighted by Crippen LogP contribution is -2.00. The second-order valence-electron chi connectivity index (χ2n) is 8.47. The van der Waals surface area contributed by atoms with Crippen LogP contribution >= 0.6 is 22.7 Å². The van der Waals surface area contributed by atoms with Crippen LogP contribution in [0.25, 0.3) is 31.7 Å². The number of hydrogen-bond donors (Lipinski definition) is 0. The fourth-order valence-corrected chi connectivity index (χ4v) is 6.60. The summed E-state index contributed by atoms with van der Waals surface area (Å²) in [7, 11) is 7.52. The summed E-state index contributed by atoms with van der Waals surface area (Å²) >= 11 is 3.01. The molecule has 0 bridgehead atoms. The van der Waals surface area contributed by atoms with Gasteiger partial charge in [0.15, 0.2) is 0 Å². The lowest BCUT2D eigenvalue weighted by molar-refractivity contribution is 0.564. The van der Waals surface area contributed by atoms with E-state index >= 15 is 0 Å². The van der Waals surface area contributed by atoms with Gasteiger partial charge in [-0.15, -0.1) is 22.7 Å². The van der Waals surface area contributed by atoms with E-state index in [1.807, 2.05) is 99.8 Å². The van der Waals surface area contributed by atoms with E-state index in [9.17, 15) is 21.0 Å². The zero-order valence-electron chi connectivity index (χ0n) is 21.2. The van der Waals surface area contributed by atoms with Gasteiger partial charge < -0.3 is 9.80 Å². The molecule has 37 heavy (non-hydrogen) atoms. The maximum atomic E-state index is 9.75. The van der Waals surface area contributed by atoms with Gasteiger partial charge in [-0.3, -0.25) is 0 Å². The van der Waals surface area contributed by atoms with E-state index in [1.54, 1.807) is 12.2 Å². The highest BCUT2D eigenvalue weighted by atomic mass is 32.2. The summed E-state index contributed by atoms with van der Waals surface area (Å²) in [4.78, 5) is 5.38. The molecular formula is C29H24N6S2. The number of benzene rings is 1. The molecule has 0 aliphatic carbocycles. The van der Waals surface area contributed by atoms with Crippen molar-refractivity contribution in [3.05, 3.63) is 81.3 Å². The van der Waals surface area contributed by atoms with Crippen LogP contribution in [0.15, 0.2) is 66.0 Å². The third-order valence-corrected chi connectivity index (χ3v) is 8.04. The molecule has 0 amide bonds. The second kappa shape index (κ2) is 11.9. The highest BCUT2D eigenvalue weighted by Gasteiger charge is 2.25. The summed E-state index contributed by atoms with van der Waals surface area (Å²) in [6.07, 6.45) is 7.24. The van der Waals surface area contributed by atoms with Crippen molar-refractivity contribution in [3.63, 3.8) is 0 Å². The van der Waals surface area contributed by atoms with Crippen LogP contribution in [0, 0.1) is 52.2 Å². The van der Waals surface area contributed by atoms with E-state index < -0.39 is 0 Å². The van der Waals surface area contributed by atoms with Crippen LogP contribution in [0.2, 0.25) is 0 Å². The first-order chi connectivity index (χ1) is 17.8. The van der Waals surface area contributed by atoms with Crippen LogP contribution in [-0.2, 0) is 0 Å². The van der Waals surface area contributed by atoms with Crippen molar-refractivity contribution >= 4 is 43.2 Å². The van der Waals surface area contributed by atoms with Crippen LogP contribution in [0.3, 0.4) is 0 Å². The van der Waals surface area contributed by atoms with Gasteiger partial charge in [-0.25, -0.2) is 0 Å². The second-order valence-corrected chi connectivity index (χ2v) is 10.8. The van der Waals surface area contributed by atoms with Gasteiger partial charge in [-0.2, -0.15) is 21.0 Å². The molecule has 0 radical (unpaired) electrons. The topological polar surface area (TPSA) is 102 Å². The lowest BCUT2D eigenvalue weighted by Gasteiger charge is -2.10. The molecule has 0 spiro atoms. The van der Waals surface area contributed by atoms with Crippen molar-refractivity contribution in [1.82, 2.24) is 9.80 Å². The summed E-state index contributed by atoms with van der Waals surface area (Å²) < 4.78 is 0.985. The number of fused-ring (bicyclic) bond motifs is 1. The number of thiophene rings is 2. The van der Waals surface area contributed by atoms with Gasteiger partial charge in [0, 0.05) is 60.0 Å². The van der Waals surface area contributed by atoms with Crippen LogP contribution in [0.4, 0.5) is 0 Å². The molecule has 0 aliphatic heterocycles. The lowest BCUT2D eigenvalue weighted by atomic mass is 9.95. The van der Waals surface area contributed by atoms with Crippen molar-refractivity contribution < 1.29 is 0 Å². The molecule has 0 saturated carbocycles. The van der Waals surface area contributed by atoms with E-state index in [4.69, 9.17) is 0 Å². The van der Waals surface area contributed by atoms with E-state index in [2.05, 4.69) is 12.1 Å². The predicted octanol–water partition coefficient (Wildman–Crippen LogP) is 6.69. The molecule has 1 aromatic carbocycles. The molecule has 3 aromatic rings. The third-order valence-electron chi connectivity index (χ3n) is 5.40. The Morgan fingerprint density at radius 1 is 0.730 bits per heavy atom. The standard InChI is InChI=1S/C29H24N6S2/c1-19-25-26(20-9-7-6-8-10-20)28(24(12-14-35(4)5)22(17-32)18-33)37-29(25)36-27(19)23(11-13-34(2)3)21(15-30)16-31/h6-14H,1-5H3/b13-11+,14-12+. The zero-order chi connectivity index (χ0) is 27.1. The number of nitriles is 4. The van der Waals surface area contributed by atoms with Gasteiger partial charge in [0.25, 0.3) is 0 Å². The molecule has 0 saturated heterocycles. The van der Waals surface area contributed by atoms with Gasteiger partial charge in [0.05, 0.1) is 4.01 Å². The quantitative estimate of drug-likeness (QED) is 0.254. The van der Waals surface area contributed by atoms with Crippen molar-refractivity contribution in [1.29, 1.82) is 21.0 Å². The molecule has 182 valence electrons. The number of allylic oxidation sites excluding steroid dienone is 6. The summed E-state index contributed by atoms with van der Waals surface area (Å²) in [5, 5.41) is 39.8. The van der Waals surface area contributed by atoms with Gasteiger partial charge in [-0.05, 0) is 42.6 Å². The molecular weight excluding hydrogens is 496 g/mol. The zero-order valence-corrected chi connectivity index (χ0v) is 22.8. The summed E-state index contributed by atoms with van der Waals surface area (Å²) in [6, 6.07) is 18.0. The molecule has 8 heteroatoms. The molecule has 2 aromatic heterocycles. The fourth-order valence-electron chi connectivity index (χ4n) is 3.72. The van der Waals surface area contributed by atoms with E-state index in [0.717, 1.165) is 35.8 Å². The predicted molar refractivity (Wildman–Crippen MR) is 152 cm³/mol. The largest absolute Gasteiger partial charge is 0.383 e. The minimum absolute atomic E-state index is 0.0350. The van der Waals surface area contributed by atoms with Crippen LogP contribution in [0.1, 0.15) is 15.3 Å². The average Bonchev–Trinajstić information content (AvgIpc) is 3.40. The Hall–Kier alpha value is -4.60. The highest BCUT2D eigenvalue weighted by molar-refractivity contribution is 7.39. The van der Waals surface area contributed by atoms with E-state index in [1.165, 1.54) is 22.7 Å². The highest BCUT2D eigenvalue weighted by Crippen LogP contribution is 2.50. The first-order valence-electron chi connectivity index (χ1n) is 11.2.